The average molecular weight is 115 g/mol. The number of carbonyl (C=O) groups is 1. The van der Waals surface area contributed by atoms with Gasteiger partial charge in [0.2, 0.25) is 0 Å². The van der Waals surface area contributed by atoms with Gasteiger partial charge in [-0.1, -0.05) is 6.92 Å². The van der Waals surface area contributed by atoms with Crippen molar-refractivity contribution in [2.75, 3.05) is 0 Å². The molecule has 0 aromatic rings. The van der Waals surface area contributed by atoms with E-state index < -0.39 is 0 Å². The van der Waals surface area contributed by atoms with Crippen molar-refractivity contribution < 1.29 is 4.79 Å². The number of nitrogens with two attached hydrogens (primary N) is 1. The number of rotatable bonds is 3. The van der Waals surface area contributed by atoms with Crippen LogP contribution in [0.3, 0.4) is 0 Å². The highest BCUT2D eigenvalue weighted by molar-refractivity contribution is 5.76. The van der Waals surface area contributed by atoms with Gasteiger partial charge in [-0.25, -0.2) is 0 Å². The molecule has 0 fully saturated rings. The van der Waals surface area contributed by atoms with E-state index in [2.05, 4.69) is 0 Å². The minimum absolute atomic E-state index is 0.0764. The van der Waals surface area contributed by atoms with Crippen LogP contribution in [0.25, 0.3) is 0 Å². The molecule has 0 aromatic carbocycles. The van der Waals surface area contributed by atoms with E-state index in [1.54, 1.807) is 6.92 Å². The number of hydrogen-bond acceptors (Lipinski definition) is 2. The molecule has 8 heavy (non-hydrogen) atoms. The van der Waals surface area contributed by atoms with Crippen molar-refractivity contribution in [3.05, 3.63) is 0 Å². The first-order valence-corrected chi connectivity index (χ1v) is 2.91. The van der Waals surface area contributed by atoms with Gasteiger partial charge in [-0.3, -0.25) is 4.79 Å². The molecule has 0 spiro atoms. The predicted octanol–water partition coefficient (Wildman–Crippen LogP) is 0.703. The van der Waals surface area contributed by atoms with E-state index in [9.17, 15) is 4.79 Å². The Bertz CT molecular complexity index is 80.6. The van der Waals surface area contributed by atoms with Gasteiger partial charge in [0, 0.05) is 12.5 Å². The molecule has 0 aromatic heterocycles. The molecule has 0 heterocycles. The summed E-state index contributed by atoms with van der Waals surface area (Å²) in [5.74, 6) is 0.180. The van der Waals surface area contributed by atoms with Gasteiger partial charge in [0.25, 0.3) is 0 Å². The summed E-state index contributed by atoms with van der Waals surface area (Å²) in [6.07, 6.45) is 1.41. The molecule has 0 bridgehead atoms. The Balaban J connectivity index is 3.24. The zero-order valence-corrected chi connectivity index (χ0v) is 5.48. The zero-order chi connectivity index (χ0) is 6.57. The number of hydrogen-bond donors (Lipinski definition) is 1. The monoisotopic (exact) mass is 115 g/mol. The molecule has 2 nitrogen and oxygen atoms in total. The average Bonchev–Trinajstić information content (AvgIpc) is 1.65. The van der Waals surface area contributed by atoms with Gasteiger partial charge in [0.15, 0.2) is 0 Å². The van der Waals surface area contributed by atoms with Crippen LogP contribution >= 0.6 is 0 Å². The lowest BCUT2D eigenvalue weighted by molar-refractivity contribution is -0.117. The molecule has 0 amide bonds. The summed E-state index contributed by atoms with van der Waals surface area (Å²) in [5.41, 5.74) is 5.45. The fourth-order valence-corrected chi connectivity index (χ4v) is 0.514. The molecule has 1 unspecified atom stereocenters. The summed E-state index contributed by atoms with van der Waals surface area (Å²) in [5, 5.41) is 0. The van der Waals surface area contributed by atoms with Crippen LogP contribution < -0.4 is 5.73 Å². The van der Waals surface area contributed by atoms with Crippen LogP contribution in [-0.4, -0.2) is 11.8 Å². The Labute approximate surface area is 50.1 Å². The van der Waals surface area contributed by atoms with E-state index in [0.717, 1.165) is 6.42 Å². The van der Waals surface area contributed by atoms with Crippen LogP contribution in [0, 0.1) is 0 Å². The molecule has 2 N–H and O–H groups in total. The second-order valence-electron chi connectivity index (χ2n) is 2.07. The Morgan fingerprint density at radius 3 is 2.38 bits per heavy atom. The molecule has 0 saturated heterocycles. The first kappa shape index (κ1) is 7.63. The largest absolute Gasteiger partial charge is 0.327 e. The number of ketones is 1. The third-order valence-corrected chi connectivity index (χ3v) is 1.07. The van der Waals surface area contributed by atoms with Crippen LogP contribution in [0.5, 0.6) is 0 Å². The lowest BCUT2D eigenvalue weighted by Crippen LogP contribution is -2.21. The van der Waals surface area contributed by atoms with Crippen molar-refractivity contribution in [2.45, 2.75) is 32.7 Å². The summed E-state index contributed by atoms with van der Waals surface area (Å²) in [7, 11) is 0. The molecular weight excluding hydrogens is 102 g/mol. The summed E-state index contributed by atoms with van der Waals surface area (Å²) in [4.78, 5) is 10.3. The third-order valence-electron chi connectivity index (χ3n) is 1.07. The SMILES string of the molecule is CCC(N)CC(C)=O. The van der Waals surface area contributed by atoms with Crippen LogP contribution in [0.2, 0.25) is 0 Å². The normalized spacial score (nSPS) is 13.4. The van der Waals surface area contributed by atoms with Gasteiger partial charge >= 0.3 is 0 Å². The summed E-state index contributed by atoms with van der Waals surface area (Å²) >= 11 is 0. The van der Waals surface area contributed by atoms with Crippen LogP contribution in [0.4, 0.5) is 0 Å². The first-order valence-electron chi connectivity index (χ1n) is 2.91. The van der Waals surface area contributed by atoms with E-state index in [4.69, 9.17) is 5.73 Å². The first-order chi connectivity index (χ1) is 3.66. The van der Waals surface area contributed by atoms with Gasteiger partial charge in [0.05, 0.1) is 0 Å². The predicted molar refractivity (Wildman–Crippen MR) is 33.6 cm³/mol. The fourth-order valence-electron chi connectivity index (χ4n) is 0.514. The van der Waals surface area contributed by atoms with Gasteiger partial charge in [-0.2, -0.15) is 0 Å². The van der Waals surface area contributed by atoms with Crippen molar-refractivity contribution in [1.82, 2.24) is 0 Å². The maximum absolute atomic E-state index is 10.3. The molecule has 0 radical (unpaired) electrons. The number of Topliss-reactive ketones (excluding diaryl/α,β-unsaturated/α-hetero) is 1. The Morgan fingerprint density at radius 1 is 1.75 bits per heavy atom. The highest BCUT2D eigenvalue weighted by Crippen LogP contribution is 1.92. The van der Waals surface area contributed by atoms with Crippen molar-refractivity contribution in [3.63, 3.8) is 0 Å². The minimum atomic E-state index is 0.0764. The van der Waals surface area contributed by atoms with E-state index >= 15 is 0 Å². The molecule has 1 atom stereocenters. The van der Waals surface area contributed by atoms with Gasteiger partial charge < -0.3 is 5.73 Å². The second-order valence-corrected chi connectivity index (χ2v) is 2.07. The van der Waals surface area contributed by atoms with E-state index in [0.29, 0.717) is 6.42 Å². The topological polar surface area (TPSA) is 43.1 Å². The van der Waals surface area contributed by atoms with E-state index in [-0.39, 0.29) is 11.8 Å². The van der Waals surface area contributed by atoms with E-state index in [1.165, 1.54) is 0 Å². The molecule has 0 aliphatic rings. The molecule has 0 saturated carbocycles. The van der Waals surface area contributed by atoms with Crippen LogP contribution in [-0.2, 0) is 4.79 Å². The molecule has 48 valence electrons. The van der Waals surface area contributed by atoms with Crippen molar-refractivity contribution in [2.24, 2.45) is 5.73 Å². The highest BCUT2D eigenvalue weighted by Gasteiger charge is 2.00. The standard InChI is InChI=1S/C6H13NO/c1-3-6(7)4-5(2)8/h6H,3-4,7H2,1-2H3. The summed E-state index contributed by atoms with van der Waals surface area (Å²) < 4.78 is 0. The second kappa shape index (κ2) is 3.61. The van der Waals surface area contributed by atoms with Crippen LogP contribution in [0.1, 0.15) is 26.7 Å². The fraction of sp³-hybridized carbons (Fsp3) is 0.833. The minimum Gasteiger partial charge on any atom is -0.327 e. The van der Waals surface area contributed by atoms with Gasteiger partial charge in [0.1, 0.15) is 5.78 Å². The molecule has 0 aliphatic carbocycles. The molecule has 0 rings (SSSR count). The quantitative estimate of drug-likeness (QED) is 0.588. The molecule has 2 heteroatoms. The Morgan fingerprint density at radius 2 is 2.25 bits per heavy atom. The van der Waals surface area contributed by atoms with Crippen molar-refractivity contribution in [1.29, 1.82) is 0 Å². The van der Waals surface area contributed by atoms with Gasteiger partial charge in [-0.15, -0.1) is 0 Å². The molecule has 0 aliphatic heterocycles. The lowest BCUT2D eigenvalue weighted by Gasteiger charge is -2.02. The highest BCUT2D eigenvalue weighted by atomic mass is 16.1. The summed E-state index contributed by atoms with van der Waals surface area (Å²) in [6, 6.07) is 0.0764. The Hall–Kier alpha value is -0.370. The zero-order valence-electron chi connectivity index (χ0n) is 5.48. The smallest absolute Gasteiger partial charge is 0.131 e. The van der Waals surface area contributed by atoms with Crippen molar-refractivity contribution >= 4 is 5.78 Å². The molecular formula is C6H13NO. The third kappa shape index (κ3) is 3.81. The van der Waals surface area contributed by atoms with E-state index in [1.807, 2.05) is 6.92 Å². The van der Waals surface area contributed by atoms with Gasteiger partial charge in [-0.05, 0) is 13.3 Å². The Kier molecular flexibility index (Phi) is 3.44. The maximum atomic E-state index is 10.3. The number of carbonyl (C=O) groups excluding carboxylic acids is 1. The lowest BCUT2D eigenvalue weighted by atomic mass is 10.1. The summed E-state index contributed by atoms with van der Waals surface area (Å²) in [6.45, 7) is 3.54. The van der Waals surface area contributed by atoms with Crippen molar-refractivity contribution in [3.8, 4) is 0 Å². The maximum Gasteiger partial charge on any atom is 0.131 e. The van der Waals surface area contributed by atoms with Crippen LogP contribution in [0.15, 0.2) is 0 Å².